The minimum atomic E-state index is 0.0907. The van der Waals surface area contributed by atoms with Gasteiger partial charge in [-0.2, -0.15) is 0 Å². The molecule has 2 heterocycles. The highest BCUT2D eigenvalue weighted by Crippen LogP contribution is 2.52. The van der Waals surface area contributed by atoms with Gasteiger partial charge in [0, 0.05) is 33.5 Å². The lowest BCUT2D eigenvalue weighted by Crippen LogP contribution is -2.62. The van der Waals surface area contributed by atoms with E-state index in [0.717, 1.165) is 25.7 Å². The predicted molar refractivity (Wildman–Crippen MR) is 279 cm³/mol. The summed E-state index contributed by atoms with van der Waals surface area (Å²) >= 11 is 0. The van der Waals surface area contributed by atoms with Crippen molar-refractivity contribution in [3.8, 4) is 0 Å². The van der Waals surface area contributed by atoms with E-state index in [4.69, 9.17) is 0 Å². The molecule has 0 bridgehead atoms. The Balaban J connectivity index is 1.11. The summed E-state index contributed by atoms with van der Waals surface area (Å²) in [5.41, 5.74) is 21.3. The van der Waals surface area contributed by atoms with Gasteiger partial charge in [0.15, 0.2) is 0 Å². The van der Waals surface area contributed by atoms with E-state index in [1.807, 2.05) is 0 Å². The third-order valence-electron chi connectivity index (χ3n) is 16.2. The van der Waals surface area contributed by atoms with E-state index in [-0.39, 0.29) is 6.71 Å². The van der Waals surface area contributed by atoms with E-state index in [2.05, 4.69) is 187 Å². The average Bonchev–Trinajstić information content (AvgIpc) is 4.05. The molecule has 2 nitrogen and oxygen atoms in total. The fraction of sp³-hybridized carbons (Fsp3) is 0.129. The summed E-state index contributed by atoms with van der Waals surface area (Å²) in [4.78, 5) is 5.44. The van der Waals surface area contributed by atoms with Crippen molar-refractivity contribution in [2.45, 2.75) is 52.4 Å². The number of hydrogen-bond donors (Lipinski definition) is 0. The van der Waals surface area contributed by atoms with Crippen molar-refractivity contribution in [1.29, 1.82) is 0 Å². The molecule has 0 saturated heterocycles. The highest BCUT2D eigenvalue weighted by molar-refractivity contribution is 7.00. The zero-order valence-corrected chi connectivity index (χ0v) is 36.8. The van der Waals surface area contributed by atoms with Crippen LogP contribution in [0.25, 0.3) is 64.6 Å². The lowest BCUT2D eigenvalue weighted by atomic mass is 9.33. The molecule has 2 aliphatic heterocycles. The first-order chi connectivity index (χ1) is 32.1. The Morgan fingerprint density at radius 2 is 0.677 bits per heavy atom. The molecule has 0 fully saturated rings. The Kier molecular flexibility index (Phi) is 7.27. The number of rotatable bonds is 2. The van der Waals surface area contributed by atoms with Gasteiger partial charge < -0.3 is 9.80 Å². The molecule has 11 aromatic rings. The summed E-state index contributed by atoms with van der Waals surface area (Å²) in [5, 5.41) is 15.7. The first kappa shape index (κ1) is 36.0. The van der Waals surface area contributed by atoms with Crippen LogP contribution in [0.15, 0.2) is 164 Å². The van der Waals surface area contributed by atoms with Crippen molar-refractivity contribution < 1.29 is 0 Å². The van der Waals surface area contributed by atoms with Gasteiger partial charge >= 0.3 is 0 Å². The lowest BCUT2D eigenvalue weighted by Gasteiger charge is -2.46. The highest BCUT2D eigenvalue weighted by Gasteiger charge is 2.46. The molecule has 0 unspecified atom stereocenters. The van der Waals surface area contributed by atoms with Crippen LogP contribution in [0.3, 0.4) is 0 Å². The monoisotopic (exact) mass is 828 g/mol. The zero-order valence-electron chi connectivity index (χ0n) is 36.8. The maximum atomic E-state index is 2.72. The number of benzene rings is 11. The van der Waals surface area contributed by atoms with Crippen LogP contribution >= 0.6 is 0 Å². The number of hydrogen-bond acceptors (Lipinski definition) is 2. The van der Waals surface area contributed by atoms with Crippen molar-refractivity contribution in [3.63, 3.8) is 0 Å². The van der Waals surface area contributed by atoms with Crippen LogP contribution in [0.4, 0.5) is 34.1 Å². The molecule has 15 rings (SSSR count). The van der Waals surface area contributed by atoms with E-state index in [1.165, 1.54) is 139 Å². The van der Waals surface area contributed by atoms with E-state index >= 15 is 0 Å². The fourth-order valence-corrected chi connectivity index (χ4v) is 13.7. The largest absolute Gasteiger partial charge is 0.311 e. The molecule has 3 heteroatoms. The van der Waals surface area contributed by atoms with Crippen LogP contribution in [-0.2, 0) is 25.7 Å². The maximum absolute atomic E-state index is 2.72. The Bertz CT molecular complexity index is 3610. The number of fused-ring (bicyclic) bond motifs is 18. The quantitative estimate of drug-likeness (QED) is 0.127. The molecule has 2 aliphatic carbocycles. The molecule has 11 aromatic carbocycles. The fourth-order valence-electron chi connectivity index (χ4n) is 13.7. The summed E-state index contributed by atoms with van der Waals surface area (Å²) in [5.74, 6) is 0. The molecule has 306 valence electrons. The second kappa shape index (κ2) is 13.1. The Morgan fingerprint density at radius 3 is 1.08 bits per heavy atom. The topological polar surface area (TPSA) is 6.48 Å². The lowest BCUT2D eigenvalue weighted by molar-refractivity contribution is 0.909. The van der Waals surface area contributed by atoms with Gasteiger partial charge in [-0.05, 0) is 180 Å². The second-order valence-corrected chi connectivity index (χ2v) is 19.3. The Labute approximate surface area is 379 Å². The molecular formula is C62H45BN2. The smallest absolute Gasteiger partial charge is 0.252 e. The number of aryl methyl sites for hydroxylation is 2. The molecule has 0 aromatic heterocycles. The Morgan fingerprint density at radius 1 is 0.354 bits per heavy atom. The van der Waals surface area contributed by atoms with Gasteiger partial charge in [0.25, 0.3) is 6.71 Å². The van der Waals surface area contributed by atoms with Crippen molar-refractivity contribution in [3.05, 3.63) is 197 Å². The van der Waals surface area contributed by atoms with Crippen LogP contribution in [0.2, 0.25) is 0 Å². The van der Waals surface area contributed by atoms with E-state index in [9.17, 15) is 0 Å². The predicted octanol–water partition coefficient (Wildman–Crippen LogP) is 14.3. The van der Waals surface area contributed by atoms with Gasteiger partial charge in [0.2, 0.25) is 0 Å². The van der Waals surface area contributed by atoms with E-state index in [1.54, 1.807) is 22.3 Å². The summed E-state index contributed by atoms with van der Waals surface area (Å²) in [6.07, 6.45) is 7.01. The summed E-state index contributed by atoms with van der Waals surface area (Å²) in [6, 6.07) is 63.0. The van der Waals surface area contributed by atoms with Gasteiger partial charge in [0.05, 0.1) is 11.4 Å². The van der Waals surface area contributed by atoms with Crippen LogP contribution in [-0.4, -0.2) is 6.71 Å². The molecule has 0 radical (unpaired) electrons. The van der Waals surface area contributed by atoms with Crippen molar-refractivity contribution in [2.75, 3.05) is 9.80 Å². The molecule has 0 atom stereocenters. The van der Waals surface area contributed by atoms with Gasteiger partial charge in [-0.3, -0.25) is 0 Å². The molecule has 0 N–H and O–H groups in total. The first-order valence-corrected chi connectivity index (χ1v) is 23.8. The molecule has 0 spiro atoms. The van der Waals surface area contributed by atoms with Gasteiger partial charge in [-0.15, -0.1) is 0 Å². The van der Waals surface area contributed by atoms with Crippen molar-refractivity contribution >= 4 is 122 Å². The third kappa shape index (κ3) is 4.65. The van der Waals surface area contributed by atoms with Crippen LogP contribution in [0.5, 0.6) is 0 Å². The normalized spacial score (nSPS) is 14.8. The van der Waals surface area contributed by atoms with E-state index < -0.39 is 0 Å². The minimum absolute atomic E-state index is 0.0907. The van der Waals surface area contributed by atoms with E-state index in [0.29, 0.717) is 0 Å². The molecule has 0 amide bonds. The van der Waals surface area contributed by atoms with Crippen LogP contribution in [0, 0.1) is 13.8 Å². The molecule has 4 aliphatic rings. The highest BCUT2D eigenvalue weighted by atomic mass is 15.2. The molecule has 0 saturated carbocycles. The SMILES string of the molecule is Cc1c2c(cc3c1N(c1cccc4c5ccccc5c5ccccc5c14)c1cccc4c1B3c1cc3c(c(C)c1N4c1cccc4c5ccccc5c5ccccc5c14)CCC3)CCC2. The van der Waals surface area contributed by atoms with Crippen molar-refractivity contribution in [2.24, 2.45) is 0 Å². The standard InChI is InChI=1S/C62H45BN2/c1-36-40-26-11-16-38(40)34-52-61(36)64(54-30-13-28-50-46-20-5-3-18-42(46)44-22-7-9-24-48(44)58(50)54)56-32-15-33-57-60(56)63(52)53-35-39-17-12-27-41(39)37(2)62(53)65(57)55-31-14-29-51-47-21-6-4-19-43(47)45-23-8-10-25-49(45)59(51)55/h3-10,13-15,18-25,28-35H,11-12,16-17,26-27H2,1-2H3. The van der Waals surface area contributed by atoms with Crippen LogP contribution in [0.1, 0.15) is 46.2 Å². The van der Waals surface area contributed by atoms with Gasteiger partial charge in [-0.1, -0.05) is 140 Å². The van der Waals surface area contributed by atoms with Crippen LogP contribution < -0.4 is 26.2 Å². The average molecular weight is 829 g/mol. The molecule has 65 heavy (non-hydrogen) atoms. The Hall–Kier alpha value is -7.36. The molecular weight excluding hydrogens is 784 g/mol. The van der Waals surface area contributed by atoms with Crippen molar-refractivity contribution in [1.82, 2.24) is 0 Å². The number of anilines is 6. The first-order valence-electron chi connectivity index (χ1n) is 23.8. The van der Waals surface area contributed by atoms with Gasteiger partial charge in [-0.25, -0.2) is 0 Å². The maximum Gasteiger partial charge on any atom is 0.252 e. The second-order valence-electron chi connectivity index (χ2n) is 19.3. The summed E-state index contributed by atoms with van der Waals surface area (Å²) in [6.45, 7) is 4.98. The number of nitrogens with zero attached hydrogens (tertiary/aromatic N) is 2. The minimum Gasteiger partial charge on any atom is -0.311 e. The summed E-state index contributed by atoms with van der Waals surface area (Å²) in [7, 11) is 0. The van der Waals surface area contributed by atoms with Gasteiger partial charge in [0.1, 0.15) is 0 Å². The zero-order chi connectivity index (χ0) is 42.7. The third-order valence-corrected chi connectivity index (χ3v) is 16.2. The summed E-state index contributed by atoms with van der Waals surface area (Å²) < 4.78 is 0.